The molecule has 0 N–H and O–H groups in total. The van der Waals surface area contributed by atoms with Gasteiger partial charge in [-0.15, -0.1) is 0 Å². The molecule has 5 nitrogen and oxygen atoms in total. The Labute approximate surface area is 201 Å². The van der Waals surface area contributed by atoms with Crippen LogP contribution in [0.25, 0.3) is 10.9 Å². The average molecular weight is 456 g/mol. The number of anilines is 1. The van der Waals surface area contributed by atoms with E-state index in [0.29, 0.717) is 12.1 Å². The van der Waals surface area contributed by atoms with Gasteiger partial charge in [-0.2, -0.15) is 0 Å². The van der Waals surface area contributed by atoms with Crippen molar-refractivity contribution >= 4 is 28.4 Å². The van der Waals surface area contributed by atoms with Gasteiger partial charge in [0.25, 0.3) is 5.91 Å². The molecule has 0 bridgehead atoms. The Kier molecular flexibility index (Phi) is 6.89. The van der Waals surface area contributed by atoms with Crippen molar-refractivity contribution in [2.24, 2.45) is 5.92 Å². The van der Waals surface area contributed by atoms with Crippen molar-refractivity contribution in [3.05, 3.63) is 71.9 Å². The molecule has 5 heteroatoms. The van der Waals surface area contributed by atoms with Gasteiger partial charge in [0.2, 0.25) is 5.91 Å². The third kappa shape index (κ3) is 5.14. The van der Waals surface area contributed by atoms with Gasteiger partial charge in [-0.25, -0.2) is 0 Å². The normalized spacial score (nSPS) is 17.9. The van der Waals surface area contributed by atoms with Gasteiger partial charge in [0, 0.05) is 48.4 Å². The van der Waals surface area contributed by atoms with Crippen LogP contribution in [0.1, 0.15) is 67.3 Å². The summed E-state index contributed by atoms with van der Waals surface area (Å²) in [5.41, 5.74) is 3.60. The van der Waals surface area contributed by atoms with Crippen LogP contribution in [-0.2, 0) is 11.3 Å². The number of aromatic nitrogens is 1. The summed E-state index contributed by atoms with van der Waals surface area (Å²) in [5, 5.41) is 0.973. The van der Waals surface area contributed by atoms with Gasteiger partial charge < -0.3 is 9.80 Å². The number of fused-ring (bicyclic) bond motifs is 2. The van der Waals surface area contributed by atoms with Crippen LogP contribution < -0.4 is 4.90 Å². The largest absolute Gasteiger partial charge is 0.334 e. The van der Waals surface area contributed by atoms with Crippen molar-refractivity contribution < 1.29 is 9.59 Å². The molecule has 1 aliphatic carbocycles. The maximum Gasteiger partial charge on any atom is 0.254 e. The van der Waals surface area contributed by atoms with E-state index in [-0.39, 0.29) is 17.7 Å². The second kappa shape index (κ2) is 10.4. The number of carbonyl (C=O) groups excluding carboxylic acids is 2. The Morgan fingerprint density at radius 1 is 0.824 bits per heavy atom. The number of hydrogen-bond acceptors (Lipinski definition) is 3. The maximum atomic E-state index is 13.7. The van der Waals surface area contributed by atoms with E-state index < -0.39 is 0 Å². The van der Waals surface area contributed by atoms with Crippen molar-refractivity contribution in [3.8, 4) is 0 Å². The van der Waals surface area contributed by atoms with Crippen LogP contribution in [0.2, 0.25) is 0 Å². The molecule has 5 rings (SSSR count). The smallest absolute Gasteiger partial charge is 0.254 e. The van der Waals surface area contributed by atoms with Gasteiger partial charge in [-0.3, -0.25) is 14.6 Å². The summed E-state index contributed by atoms with van der Waals surface area (Å²) in [5.74, 6) is 0.463. The van der Waals surface area contributed by atoms with E-state index in [9.17, 15) is 9.59 Å². The summed E-state index contributed by atoms with van der Waals surface area (Å²) >= 11 is 0. The first-order valence-corrected chi connectivity index (χ1v) is 12.7. The molecule has 0 radical (unpaired) electrons. The van der Waals surface area contributed by atoms with Gasteiger partial charge >= 0.3 is 0 Å². The molecule has 1 aliphatic heterocycles. The number of benzene rings is 2. The summed E-state index contributed by atoms with van der Waals surface area (Å²) in [4.78, 5) is 35.3. The highest BCUT2D eigenvalue weighted by Crippen LogP contribution is 2.34. The Bertz CT molecular complexity index is 1170. The molecule has 2 heterocycles. The summed E-state index contributed by atoms with van der Waals surface area (Å²) in [6.45, 7) is 1.99. The number of nitrogens with zero attached hydrogens (tertiary/aromatic N) is 3. The van der Waals surface area contributed by atoms with Crippen molar-refractivity contribution in [1.29, 1.82) is 0 Å². The van der Waals surface area contributed by atoms with Gasteiger partial charge in [0.15, 0.2) is 0 Å². The van der Waals surface area contributed by atoms with E-state index in [1.165, 1.54) is 12.8 Å². The number of carbonyl (C=O) groups is 2. The van der Waals surface area contributed by atoms with E-state index in [1.54, 1.807) is 6.20 Å². The Hall–Kier alpha value is -3.21. The standard InChI is InChI=1S/C29H33N3O2/c33-28(24-15-16-26-23(20-24)11-9-17-30-26)31-18-7-3-1-2-4-8-19-32(29(34)22-13-14-22)27-12-6-5-10-25(27)21-31/h5-6,9-12,15-17,20,22H,1-4,7-8,13-14,18-19,21H2. The first-order chi connectivity index (χ1) is 16.7. The van der Waals surface area contributed by atoms with Crippen molar-refractivity contribution in [1.82, 2.24) is 9.88 Å². The lowest BCUT2D eigenvalue weighted by Gasteiger charge is -2.28. The van der Waals surface area contributed by atoms with Crippen molar-refractivity contribution in [3.63, 3.8) is 0 Å². The molecule has 0 saturated heterocycles. The molecule has 2 aliphatic rings. The van der Waals surface area contributed by atoms with Crippen LogP contribution in [0.3, 0.4) is 0 Å². The minimum Gasteiger partial charge on any atom is -0.334 e. The fourth-order valence-corrected chi connectivity index (χ4v) is 4.94. The molecule has 34 heavy (non-hydrogen) atoms. The maximum absolute atomic E-state index is 13.7. The molecule has 2 aromatic carbocycles. The zero-order valence-corrected chi connectivity index (χ0v) is 19.8. The highest BCUT2D eigenvalue weighted by molar-refractivity contribution is 5.99. The average Bonchev–Trinajstić information content (AvgIpc) is 3.72. The first kappa shape index (κ1) is 22.6. The van der Waals surface area contributed by atoms with Crippen LogP contribution in [0.5, 0.6) is 0 Å². The minimum atomic E-state index is 0.0375. The second-order valence-corrected chi connectivity index (χ2v) is 9.65. The highest BCUT2D eigenvalue weighted by Gasteiger charge is 2.34. The molecular weight excluding hydrogens is 422 g/mol. The van der Waals surface area contributed by atoms with Crippen LogP contribution in [0.4, 0.5) is 5.69 Å². The second-order valence-electron chi connectivity index (χ2n) is 9.65. The van der Waals surface area contributed by atoms with E-state index in [1.807, 2.05) is 52.3 Å². The van der Waals surface area contributed by atoms with Gasteiger partial charge in [0.1, 0.15) is 0 Å². The molecule has 1 saturated carbocycles. The van der Waals surface area contributed by atoms with E-state index in [2.05, 4.69) is 17.1 Å². The quantitative estimate of drug-likeness (QED) is 0.478. The first-order valence-electron chi connectivity index (χ1n) is 12.7. The Morgan fingerprint density at radius 2 is 1.59 bits per heavy atom. The highest BCUT2D eigenvalue weighted by atomic mass is 16.2. The van der Waals surface area contributed by atoms with Crippen LogP contribution in [-0.4, -0.2) is 34.8 Å². The molecule has 176 valence electrons. The summed E-state index contributed by atoms with van der Waals surface area (Å²) in [6, 6.07) is 17.8. The monoisotopic (exact) mass is 455 g/mol. The van der Waals surface area contributed by atoms with Crippen LogP contribution >= 0.6 is 0 Å². The zero-order valence-electron chi connectivity index (χ0n) is 19.8. The summed E-state index contributed by atoms with van der Waals surface area (Å²) in [7, 11) is 0. The molecule has 0 atom stereocenters. The Balaban J connectivity index is 1.47. The minimum absolute atomic E-state index is 0.0375. The number of amides is 2. The molecule has 2 amide bonds. The fraction of sp³-hybridized carbons (Fsp3) is 0.414. The van der Waals surface area contributed by atoms with E-state index in [4.69, 9.17) is 0 Å². The predicted molar refractivity (Wildman–Crippen MR) is 136 cm³/mol. The third-order valence-electron chi connectivity index (χ3n) is 7.03. The SMILES string of the molecule is O=C(c1ccc2ncccc2c1)N1CCCCCCCCN(C(=O)C2CC2)c2ccccc2C1. The lowest BCUT2D eigenvalue weighted by atomic mass is 10.1. The number of rotatable bonds is 2. The predicted octanol–water partition coefficient (Wildman–Crippen LogP) is 5.97. The zero-order chi connectivity index (χ0) is 23.3. The summed E-state index contributed by atoms with van der Waals surface area (Å²) in [6.07, 6.45) is 10.4. The lowest BCUT2D eigenvalue weighted by Crippen LogP contribution is -2.36. The van der Waals surface area contributed by atoms with Crippen molar-refractivity contribution in [2.75, 3.05) is 18.0 Å². The van der Waals surface area contributed by atoms with Gasteiger partial charge in [-0.05, 0) is 61.6 Å². The van der Waals surface area contributed by atoms with Gasteiger partial charge in [0.05, 0.1) is 5.52 Å². The molecule has 1 aromatic heterocycles. The van der Waals surface area contributed by atoms with Gasteiger partial charge in [-0.1, -0.05) is 49.9 Å². The third-order valence-corrected chi connectivity index (χ3v) is 7.03. The molecule has 3 aromatic rings. The number of pyridine rings is 1. The number of para-hydroxylation sites is 1. The van der Waals surface area contributed by atoms with Crippen LogP contribution in [0.15, 0.2) is 60.8 Å². The Morgan fingerprint density at radius 3 is 2.41 bits per heavy atom. The lowest BCUT2D eigenvalue weighted by molar-refractivity contribution is -0.119. The molecule has 1 fully saturated rings. The van der Waals surface area contributed by atoms with E-state index in [0.717, 1.165) is 73.8 Å². The van der Waals surface area contributed by atoms with E-state index >= 15 is 0 Å². The fourth-order valence-electron chi connectivity index (χ4n) is 4.94. The number of hydrogen-bond donors (Lipinski definition) is 0. The van der Waals surface area contributed by atoms with Crippen LogP contribution in [0, 0.1) is 5.92 Å². The molecule has 0 unspecified atom stereocenters. The van der Waals surface area contributed by atoms with Crippen molar-refractivity contribution in [2.45, 2.75) is 57.9 Å². The molecule has 0 spiro atoms. The topological polar surface area (TPSA) is 53.5 Å². The summed E-state index contributed by atoms with van der Waals surface area (Å²) < 4.78 is 0. The molecular formula is C29H33N3O2.